The molecule has 1 N–H and O–H groups in total. The van der Waals surface area contributed by atoms with Gasteiger partial charge in [-0.25, -0.2) is 0 Å². The van der Waals surface area contributed by atoms with Crippen LogP contribution in [0.4, 0.5) is 0 Å². The molecule has 2 unspecified atom stereocenters. The number of aliphatic hydroxyl groups excluding tert-OH is 1. The zero-order valence-corrected chi connectivity index (χ0v) is 11.8. The van der Waals surface area contributed by atoms with Crippen LogP contribution in [0.3, 0.4) is 0 Å². The summed E-state index contributed by atoms with van der Waals surface area (Å²) in [5.74, 6) is 0.927. The van der Waals surface area contributed by atoms with Gasteiger partial charge in [-0.2, -0.15) is 4.98 Å². The predicted molar refractivity (Wildman–Crippen MR) is 74.2 cm³/mol. The number of hydrogen-bond acceptors (Lipinski definition) is 5. The van der Waals surface area contributed by atoms with Crippen molar-refractivity contribution in [3.8, 4) is 0 Å². The van der Waals surface area contributed by atoms with Crippen molar-refractivity contribution in [3.05, 3.63) is 47.6 Å². The maximum Gasteiger partial charge on any atom is 0.229 e. The van der Waals surface area contributed by atoms with Gasteiger partial charge in [0.1, 0.15) is 6.10 Å². The summed E-state index contributed by atoms with van der Waals surface area (Å²) in [5.41, 5.74) is 0.969. The van der Waals surface area contributed by atoms with Crippen LogP contribution in [0.5, 0.6) is 0 Å². The van der Waals surface area contributed by atoms with Crippen LogP contribution in [0.1, 0.15) is 43.1 Å². The Balaban J connectivity index is 2.10. The van der Waals surface area contributed by atoms with E-state index in [0.717, 1.165) is 18.4 Å². The Morgan fingerprint density at radius 3 is 2.70 bits per heavy atom. The molecular weight excluding hydrogens is 256 g/mol. The zero-order valence-electron chi connectivity index (χ0n) is 11.8. The lowest BCUT2D eigenvalue weighted by Gasteiger charge is -2.10. The van der Waals surface area contributed by atoms with Crippen molar-refractivity contribution in [2.45, 2.75) is 38.4 Å². The lowest BCUT2D eigenvalue weighted by Crippen LogP contribution is -2.10. The van der Waals surface area contributed by atoms with E-state index >= 15 is 0 Å². The molecule has 0 spiro atoms. The van der Waals surface area contributed by atoms with Gasteiger partial charge in [0.2, 0.25) is 11.7 Å². The molecule has 0 amide bonds. The minimum Gasteiger partial charge on any atom is -0.393 e. The summed E-state index contributed by atoms with van der Waals surface area (Å²) >= 11 is 0. The van der Waals surface area contributed by atoms with Crippen LogP contribution < -0.4 is 0 Å². The molecule has 1 heterocycles. The molecule has 2 aromatic rings. The Morgan fingerprint density at radius 1 is 1.30 bits per heavy atom. The minimum absolute atomic E-state index is 0.350. The van der Waals surface area contributed by atoms with Gasteiger partial charge in [-0.3, -0.25) is 0 Å². The first-order valence-corrected chi connectivity index (χ1v) is 6.82. The van der Waals surface area contributed by atoms with Gasteiger partial charge in [0.15, 0.2) is 0 Å². The molecule has 0 aliphatic rings. The van der Waals surface area contributed by atoms with Crippen molar-refractivity contribution in [1.29, 1.82) is 0 Å². The van der Waals surface area contributed by atoms with Gasteiger partial charge in [-0.15, -0.1) is 0 Å². The fourth-order valence-electron chi connectivity index (χ4n) is 2.11. The van der Waals surface area contributed by atoms with Crippen molar-refractivity contribution in [2.24, 2.45) is 0 Å². The Kier molecular flexibility index (Phi) is 5.26. The summed E-state index contributed by atoms with van der Waals surface area (Å²) in [6, 6.07) is 9.73. The van der Waals surface area contributed by atoms with Crippen LogP contribution in [-0.4, -0.2) is 28.5 Å². The molecule has 0 saturated carbocycles. The number of hydrogen-bond donors (Lipinski definition) is 1. The molecule has 108 valence electrons. The molecule has 0 aliphatic carbocycles. The van der Waals surface area contributed by atoms with Gasteiger partial charge in [0.05, 0.1) is 12.5 Å². The molecule has 2 rings (SSSR count). The molecule has 0 bridgehead atoms. The lowest BCUT2D eigenvalue weighted by atomic mass is 10.1. The van der Waals surface area contributed by atoms with E-state index in [9.17, 15) is 5.11 Å². The molecule has 5 nitrogen and oxygen atoms in total. The van der Waals surface area contributed by atoms with E-state index in [0.29, 0.717) is 18.1 Å². The van der Waals surface area contributed by atoms with Crippen molar-refractivity contribution in [2.75, 3.05) is 7.11 Å². The number of nitrogens with zero attached hydrogens (tertiary/aromatic N) is 2. The predicted octanol–water partition coefficient (Wildman–Crippen LogP) is 2.51. The summed E-state index contributed by atoms with van der Waals surface area (Å²) in [6.45, 7) is 2.03. The molecule has 0 aliphatic heterocycles. The normalized spacial score (nSPS) is 14.2. The van der Waals surface area contributed by atoms with Crippen molar-refractivity contribution in [3.63, 3.8) is 0 Å². The highest BCUT2D eigenvalue weighted by molar-refractivity contribution is 5.22. The average molecular weight is 276 g/mol. The van der Waals surface area contributed by atoms with Gasteiger partial charge >= 0.3 is 0 Å². The third kappa shape index (κ3) is 3.65. The second-order valence-electron chi connectivity index (χ2n) is 4.72. The Bertz CT molecular complexity index is 513. The van der Waals surface area contributed by atoms with E-state index in [1.807, 2.05) is 37.3 Å². The van der Waals surface area contributed by atoms with Gasteiger partial charge in [-0.05, 0) is 12.0 Å². The zero-order chi connectivity index (χ0) is 14.4. The molecular formula is C15H20N2O3. The Morgan fingerprint density at radius 2 is 2.05 bits per heavy atom. The minimum atomic E-state index is -0.439. The molecule has 0 saturated heterocycles. The fourth-order valence-corrected chi connectivity index (χ4v) is 2.11. The fraction of sp³-hybridized carbons (Fsp3) is 0.467. The van der Waals surface area contributed by atoms with E-state index in [-0.39, 0.29) is 6.10 Å². The molecule has 0 radical (unpaired) electrons. The highest BCUT2D eigenvalue weighted by Gasteiger charge is 2.20. The van der Waals surface area contributed by atoms with Gasteiger partial charge in [-0.1, -0.05) is 48.8 Å². The SMILES string of the molecule is CCCC(O)Cc1nc(C(OC)c2ccccc2)no1. The quantitative estimate of drug-likeness (QED) is 0.841. The van der Waals surface area contributed by atoms with E-state index in [1.165, 1.54) is 0 Å². The largest absolute Gasteiger partial charge is 0.393 e. The topological polar surface area (TPSA) is 68.4 Å². The summed E-state index contributed by atoms with van der Waals surface area (Å²) in [6.07, 6.45) is 1.24. The van der Waals surface area contributed by atoms with E-state index in [4.69, 9.17) is 9.26 Å². The first kappa shape index (κ1) is 14.7. The van der Waals surface area contributed by atoms with Gasteiger partial charge < -0.3 is 14.4 Å². The average Bonchev–Trinajstić information content (AvgIpc) is 2.89. The summed E-state index contributed by atoms with van der Waals surface area (Å²) in [7, 11) is 1.61. The second kappa shape index (κ2) is 7.17. The first-order valence-electron chi connectivity index (χ1n) is 6.82. The smallest absolute Gasteiger partial charge is 0.229 e. The number of aliphatic hydroxyl groups is 1. The van der Waals surface area contributed by atoms with Crippen LogP contribution in [0.25, 0.3) is 0 Å². The van der Waals surface area contributed by atoms with Crippen molar-refractivity contribution < 1.29 is 14.4 Å². The standard InChI is InChI=1S/C15H20N2O3/c1-3-7-12(18)10-13-16-15(17-20-13)14(19-2)11-8-5-4-6-9-11/h4-6,8-9,12,14,18H,3,7,10H2,1-2H3. The number of rotatable bonds is 7. The summed E-state index contributed by atoms with van der Waals surface area (Å²) < 4.78 is 10.6. The monoisotopic (exact) mass is 276 g/mol. The summed E-state index contributed by atoms with van der Waals surface area (Å²) in [4.78, 5) is 4.32. The van der Waals surface area contributed by atoms with Gasteiger partial charge in [0, 0.05) is 7.11 Å². The van der Waals surface area contributed by atoms with Crippen LogP contribution in [0.2, 0.25) is 0 Å². The molecule has 0 fully saturated rings. The molecule has 2 atom stereocenters. The second-order valence-corrected chi connectivity index (χ2v) is 4.72. The Hall–Kier alpha value is -1.72. The maximum absolute atomic E-state index is 9.77. The third-order valence-corrected chi connectivity index (χ3v) is 3.09. The third-order valence-electron chi connectivity index (χ3n) is 3.09. The lowest BCUT2D eigenvalue weighted by molar-refractivity contribution is 0.126. The molecule has 1 aromatic heterocycles. The van der Waals surface area contributed by atoms with E-state index in [2.05, 4.69) is 10.1 Å². The number of ether oxygens (including phenoxy) is 1. The van der Waals surface area contributed by atoms with Crippen LogP contribution in [0.15, 0.2) is 34.9 Å². The van der Waals surface area contributed by atoms with Crippen LogP contribution >= 0.6 is 0 Å². The molecule has 20 heavy (non-hydrogen) atoms. The molecule has 5 heteroatoms. The number of aromatic nitrogens is 2. The van der Waals surface area contributed by atoms with E-state index < -0.39 is 6.10 Å². The maximum atomic E-state index is 9.77. The van der Waals surface area contributed by atoms with Crippen LogP contribution in [0, 0.1) is 0 Å². The number of methoxy groups -OCH3 is 1. The van der Waals surface area contributed by atoms with Crippen molar-refractivity contribution >= 4 is 0 Å². The Labute approximate surface area is 118 Å². The van der Waals surface area contributed by atoms with Crippen LogP contribution in [-0.2, 0) is 11.2 Å². The first-order chi connectivity index (χ1) is 9.74. The highest BCUT2D eigenvalue weighted by atomic mass is 16.5. The van der Waals surface area contributed by atoms with Gasteiger partial charge in [0.25, 0.3) is 0 Å². The summed E-state index contributed by atoms with van der Waals surface area (Å²) in [5, 5.41) is 13.7. The number of benzene rings is 1. The molecule has 1 aromatic carbocycles. The van der Waals surface area contributed by atoms with E-state index in [1.54, 1.807) is 7.11 Å². The van der Waals surface area contributed by atoms with Crippen molar-refractivity contribution in [1.82, 2.24) is 10.1 Å². The highest BCUT2D eigenvalue weighted by Crippen LogP contribution is 2.22.